The quantitative estimate of drug-likeness (QED) is 0.156. The maximum atomic E-state index is 13.8. The highest BCUT2D eigenvalue weighted by atomic mass is 35.5. The molecule has 0 N–H and O–H groups in total. The van der Waals surface area contributed by atoms with Crippen molar-refractivity contribution in [3.05, 3.63) is 115 Å². The van der Waals surface area contributed by atoms with E-state index in [4.69, 9.17) is 42.4 Å². The third kappa shape index (κ3) is 6.38. The maximum absolute atomic E-state index is 13.8. The van der Waals surface area contributed by atoms with Crippen molar-refractivity contribution in [2.24, 2.45) is 5.10 Å². The van der Waals surface area contributed by atoms with Crippen LogP contribution in [0.15, 0.2) is 82.7 Å². The summed E-state index contributed by atoms with van der Waals surface area (Å²) in [5.74, 6) is 2.49. The summed E-state index contributed by atoms with van der Waals surface area (Å²) in [6.07, 6.45) is 1.61. The van der Waals surface area contributed by atoms with Crippen molar-refractivity contribution >= 4 is 40.3 Å². The number of nitrogens with zero attached hydrogens (tertiary/aromatic N) is 3. The predicted octanol–water partition coefficient (Wildman–Crippen LogP) is 8.28. The van der Waals surface area contributed by atoms with Crippen molar-refractivity contribution in [3.8, 4) is 28.6 Å². The van der Waals surface area contributed by atoms with Crippen LogP contribution in [0.5, 0.6) is 17.2 Å². The summed E-state index contributed by atoms with van der Waals surface area (Å²) < 4.78 is 18.6. The van der Waals surface area contributed by atoms with Gasteiger partial charge >= 0.3 is 0 Å². The van der Waals surface area contributed by atoms with Crippen LogP contribution in [0.2, 0.25) is 10.0 Å². The molecule has 0 bridgehead atoms. The molecule has 5 rings (SSSR count). The first-order chi connectivity index (χ1) is 20.7. The summed E-state index contributed by atoms with van der Waals surface area (Å²) in [5.41, 5.74) is 4.63. The van der Waals surface area contributed by atoms with Gasteiger partial charge in [-0.3, -0.25) is 4.79 Å². The van der Waals surface area contributed by atoms with Gasteiger partial charge in [-0.15, -0.1) is 0 Å². The van der Waals surface area contributed by atoms with E-state index in [-0.39, 0.29) is 18.1 Å². The highest BCUT2D eigenvalue weighted by molar-refractivity contribution is 6.42. The molecule has 1 aromatic heterocycles. The lowest BCUT2D eigenvalue weighted by atomic mass is 9.96. The second kappa shape index (κ2) is 12.9. The highest BCUT2D eigenvalue weighted by Gasteiger charge is 2.18. The lowest BCUT2D eigenvalue weighted by Gasteiger charge is -2.17. The molecule has 1 heterocycles. The lowest BCUT2D eigenvalue weighted by molar-refractivity contribution is 0.284. The summed E-state index contributed by atoms with van der Waals surface area (Å²) in [4.78, 5) is 18.7. The lowest BCUT2D eigenvalue weighted by Crippen LogP contribution is -2.20. The monoisotopic (exact) mass is 615 g/mol. The van der Waals surface area contributed by atoms with Crippen molar-refractivity contribution in [1.29, 1.82) is 0 Å². The van der Waals surface area contributed by atoms with Gasteiger partial charge in [-0.1, -0.05) is 55.2 Å². The number of methoxy groups -OCH3 is 2. The number of fused-ring (bicyclic) bond motifs is 1. The maximum Gasteiger partial charge on any atom is 0.282 e. The summed E-state index contributed by atoms with van der Waals surface area (Å²) in [5, 5.41) is 6.06. The molecule has 43 heavy (non-hydrogen) atoms. The average Bonchev–Trinajstić information content (AvgIpc) is 3.01. The van der Waals surface area contributed by atoms with E-state index in [9.17, 15) is 4.79 Å². The average molecular weight is 617 g/mol. The van der Waals surface area contributed by atoms with Crippen LogP contribution in [0.3, 0.4) is 0 Å². The van der Waals surface area contributed by atoms with Gasteiger partial charge in [-0.25, -0.2) is 4.98 Å². The topological polar surface area (TPSA) is 74.9 Å². The van der Waals surface area contributed by atoms with E-state index >= 15 is 0 Å². The fourth-order valence-corrected chi connectivity index (χ4v) is 5.09. The fourth-order valence-electron chi connectivity index (χ4n) is 4.77. The molecule has 0 saturated carbocycles. The van der Waals surface area contributed by atoms with Crippen LogP contribution in [0.25, 0.3) is 22.3 Å². The Kier molecular flexibility index (Phi) is 9.04. The number of para-hydroxylation sites is 1. The number of halogens is 2. The number of rotatable bonds is 9. The van der Waals surface area contributed by atoms with E-state index in [1.165, 1.54) is 4.68 Å². The molecule has 0 aliphatic rings. The standard InChI is InChI=1S/C34H31Cl2N3O4/c1-20(2)25-17-26(21(3)14-31(25)41-4)33-38-29-9-7-6-8-24(29)34(40)39(33)37-18-22-11-13-30(32(16-22)42-5)43-19-23-10-12-27(35)28(36)15-23/h6-18,20H,19H2,1-5H3. The summed E-state index contributed by atoms with van der Waals surface area (Å²) >= 11 is 12.2. The molecule has 0 saturated heterocycles. The van der Waals surface area contributed by atoms with Gasteiger partial charge in [0.2, 0.25) is 0 Å². The number of aryl methyl sites for hydroxylation is 1. The molecule has 5 aromatic rings. The first kappa shape index (κ1) is 30.1. The minimum Gasteiger partial charge on any atom is -0.496 e. The molecule has 0 fully saturated rings. The SMILES string of the molecule is COc1cc(C=Nn2c(-c3cc(C(C)C)c(OC)cc3C)nc3ccccc3c2=O)ccc1OCc1ccc(Cl)c(Cl)c1. The molecule has 0 aliphatic carbocycles. The van der Waals surface area contributed by atoms with Crippen LogP contribution in [-0.2, 0) is 6.61 Å². The van der Waals surface area contributed by atoms with Crippen molar-refractivity contribution in [2.75, 3.05) is 14.2 Å². The Morgan fingerprint density at radius 1 is 0.907 bits per heavy atom. The molecule has 0 atom stereocenters. The normalized spacial score (nSPS) is 11.4. The van der Waals surface area contributed by atoms with Crippen molar-refractivity contribution < 1.29 is 14.2 Å². The molecule has 4 aromatic carbocycles. The van der Waals surface area contributed by atoms with Gasteiger partial charge in [-0.05, 0) is 89.7 Å². The first-order valence-electron chi connectivity index (χ1n) is 13.7. The Balaban J connectivity index is 1.54. The number of hydrogen-bond donors (Lipinski definition) is 0. The molecule has 0 radical (unpaired) electrons. The molecule has 0 amide bonds. The zero-order valence-corrected chi connectivity index (χ0v) is 26.0. The van der Waals surface area contributed by atoms with Gasteiger partial charge in [0, 0.05) is 5.56 Å². The Hall–Kier alpha value is -4.33. The highest BCUT2D eigenvalue weighted by Crippen LogP contribution is 2.34. The second-order valence-corrected chi connectivity index (χ2v) is 11.1. The summed E-state index contributed by atoms with van der Waals surface area (Å²) in [6.45, 7) is 6.45. The minimum atomic E-state index is -0.272. The molecule has 220 valence electrons. The molecule has 0 aliphatic heterocycles. The van der Waals surface area contributed by atoms with Crippen molar-refractivity contribution in [1.82, 2.24) is 9.66 Å². The van der Waals surface area contributed by atoms with Crippen molar-refractivity contribution in [3.63, 3.8) is 0 Å². The van der Waals surface area contributed by atoms with E-state index in [0.717, 1.165) is 28.0 Å². The van der Waals surface area contributed by atoms with E-state index in [1.54, 1.807) is 50.8 Å². The molecule has 0 spiro atoms. The van der Waals surface area contributed by atoms with E-state index in [0.29, 0.717) is 43.8 Å². The van der Waals surface area contributed by atoms with Gasteiger partial charge in [0.15, 0.2) is 17.3 Å². The summed E-state index contributed by atoms with van der Waals surface area (Å²) in [7, 11) is 3.23. The Morgan fingerprint density at radius 3 is 2.40 bits per heavy atom. The minimum absolute atomic E-state index is 0.198. The zero-order valence-electron chi connectivity index (χ0n) is 24.5. The van der Waals surface area contributed by atoms with E-state index in [1.807, 2.05) is 49.4 Å². The van der Waals surface area contributed by atoms with Crippen LogP contribution >= 0.6 is 23.2 Å². The first-order valence-corrected chi connectivity index (χ1v) is 14.5. The number of hydrogen-bond acceptors (Lipinski definition) is 6. The molecular formula is C34H31Cl2N3O4. The van der Waals surface area contributed by atoms with Gasteiger partial charge in [-0.2, -0.15) is 9.78 Å². The zero-order chi connectivity index (χ0) is 30.7. The Labute approximate surface area is 260 Å². The van der Waals surface area contributed by atoms with Gasteiger partial charge in [0.1, 0.15) is 12.4 Å². The smallest absolute Gasteiger partial charge is 0.282 e. The molecular weight excluding hydrogens is 585 g/mol. The van der Waals surface area contributed by atoms with Gasteiger partial charge in [0.25, 0.3) is 5.56 Å². The van der Waals surface area contributed by atoms with Gasteiger partial charge in [0.05, 0.1) is 41.4 Å². The third-order valence-corrected chi connectivity index (χ3v) is 7.82. The van der Waals surface area contributed by atoms with Crippen LogP contribution in [0.4, 0.5) is 0 Å². The Bertz CT molecular complexity index is 1900. The van der Waals surface area contributed by atoms with Crippen molar-refractivity contribution in [2.45, 2.75) is 33.3 Å². The third-order valence-electron chi connectivity index (χ3n) is 7.08. The van der Waals surface area contributed by atoms with Crippen LogP contribution < -0.4 is 19.8 Å². The second-order valence-electron chi connectivity index (χ2n) is 10.3. The van der Waals surface area contributed by atoms with Crippen LogP contribution in [-0.4, -0.2) is 30.1 Å². The van der Waals surface area contributed by atoms with Gasteiger partial charge < -0.3 is 14.2 Å². The number of benzene rings is 4. The number of aromatic nitrogens is 2. The van der Waals surface area contributed by atoms with E-state index in [2.05, 4.69) is 18.9 Å². The molecule has 9 heteroatoms. The largest absolute Gasteiger partial charge is 0.496 e. The predicted molar refractivity (Wildman–Crippen MR) is 174 cm³/mol. The molecule has 7 nitrogen and oxygen atoms in total. The Morgan fingerprint density at radius 2 is 1.67 bits per heavy atom. The van der Waals surface area contributed by atoms with Crippen LogP contribution in [0.1, 0.15) is 42.0 Å². The summed E-state index contributed by atoms with van der Waals surface area (Å²) in [6, 6.07) is 22.0. The van der Waals surface area contributed by atoms with Crippen LogP contribution in [0, 0.1) is 6.92 Å². The van der Waals surface area contributed by atoms with E-state index < -0.39 is 0 Å². The fraction of sp³-hybridized carbons (Fsp3) is 0.206. The number of ether oxygens (including phenoxy) is 3. The molecule has 0 unspecified atom stereocenters.